The molecule has 0 saturated carbocycles. The van der Waals surface area contributed by atoms with Gasteiger partial charge in [0.05, 0.1) is 11.0 Å². The summed E-state index contributed by atoms with van der Waals surface area (Å²) in [7, 11) is 0. The average molecular weight is 344 g/mol. The Hall–Kier alpha value is -3.16. The summed E-state index contributed by atoms with van der Waals surface area (Å²) in [5, 5.41) is 16.1. The molecule has 0 radical (unpaired) electrons. The van der Waals surface area contributed by atoms with E-state index < -0.39 is 4.92 Å². The Morgan fingerprint density at radius 3 is 2.52 bits per heavy atom. The van der Waals surface area contributed by atoms with Gasteiger partial charge in [-0.15, -0.1) is 0 Å². The molecule has 25 heavy (non-hydrogen) atoms. The number of pyridine rings is 1. The topological polar surface area (TPSA) is 106 Å². The smallest absolute Gasteiger partial charge is 0.315 e. The van der Waals surface area contributed by atoms with Gasteiger partial charge >= 0.3 is 6.03 Å². The highest BCUT2D eigenvalue weighted by Gasteiger charge is 2.07. The van der Waals surface area contributed by atoms with E-state index in [9.17, 15) is 14.9 Å². The first-order valence-corrected chi connectivity index (χ1v) is 7.80. The molecule has 2 N–H and O–H groups in total. The van der Waals surface area contributed by atoms with E-state index in [0.717, 1.165) is 5.56 Å². The highest BCUT2D eigenvalue weighted by atomic mass is 16.6. The molecule has 0 spiro atoms. The highest BCUT2D eigenvalue weighted by molar-refractivity contribution is 5.73. The maximum absolute atomic E-state index is 11.8. The molecule has 1 heterocycles. The fraction of sp³-hybridized carbons (Fsp3) is 0.294. The summed E-state index contributed by atoms with van der Waals surface area (Å²) in [6.45, 7) is 4.36. The van der Waals surface area contributed by atoms with E-state index in [4.69, 9.17) is 4.74 Å². The van der Waals surface area contributed by atoms with Crippen molar-refractivity contribution >= 4 is 11.7 Å². The Morgan fingerprint density at radius 1 is 1.20 bits per heavy atom. The lowest BCUT2D eigenvalue weighted by Gasteiger charge is -2.10. The molecular formula is C17H20N4O4. The third-order valence-corrected chi connectivity index (χ3v) is 3.18. The van der Waals surface area contributed by atoms with Crippen LogP contribution in [0, 0.1) is 10.1 Å². The number of ether oxygens (including phenoxy) is 1. The van der Waals surface area contributed by atoms with Crippen LogP contribution in [0.25, 0.3) is 0 Å². The molecule has 1 aromatic carbocycles. The Labute approximate surface area is 145 Å². The predicted molar refractivity (Wildman–Crippen MR) is 92.2 cm³/mol. The molecule has 0 aliphatic carbocycles. The van der Waals surface area contributed by atoms with Gasteiger partial charge < -0.3 is 15.4 Å². The molecule has 0 atom stereocenters. The number of amides is 2. The number of rotatable bonds is 7. The predicted octanol–water partition coefficient (Wildman–Crippen LogP) is 2.78. The average Bonchev–Trinajstić information content (AvgIpc) is 2.59. The minimum atomic E-state index is -0.469. The zero-order valence-electron chi connectivity index (χ0n) is 14.1. The molecule has 0 aliphatic rings. The molecule has 2 amide bonds. The van der Waals surface area contributed by atoms with E-state index in [1.165, 1.54) is 12.1 Å². The summed E-state index contributed by atoms with van der Waals surface area (Å²) < 4.78 is 5.45. The number of non-ortho nitro benzene ring substituents is 1. The first-order chi connectivity index (χ1) is 11.9. The van der Waals surface area contributed by atoms with E-state index in [1.54, 1.807) is 24.4 Å². The molecule has 8 nitrogen and oxygen atoms in total. The molecule has 8 heteroatoms. The third-order valence-electron chi connectivity index (χ3n) is 3.18. The number of benzene rings is 1. The maximum atomic E-state index is 11.8. The number of nitrogens with zero attached hydrogens (tertiary/aromatic N) is 2. The van der Waals surface area contributed by atoms with Crippen LogP contribution in [0.3, 0.4) is 0 Å². The van der Waals surface area contributed by atoms with Crippen molar-refractivity contribution in [1.82, 2.24) is 15.6 Å². The van der Waals surface area contributed by atoms with Gasteiger partial charge in [0.25, 0.3) is 5.69 Å². The van der Waals surface area contributed by atoms with Gasteiger partial charge in [-0.3, -0.25) is 10.1 Å². The number of carbonyl (C=O) groups excluding carboxylic acids is 1. The van der Waals surface area contributed by atoms with E-state index in [1.807, 2.05) is 19.9 Å². The van der Waals surface area contributed by atoms with Crippen LogP contribution in [-0.2, 0) is 13.1 Å². The molecule has 0 bridgehead atoms. The van der Waals surface area contributed by atoms with Gasteiger partial charge in [0.2, 0.25) is 5.88 Å². The van der Waals surface area contributed by atoms with Crippen LogP contribution in [0.2, 0.25) is 0 Å². The van der Waals surface area contributed by atoms with Crippen molar-refractivity contribution in [2.75, 3.05) is 0 Å². The zero-order valence-corrected chi connectivity index (χ0v) is 14.1. The lowest BCUT2D eigenvalue weighted by Crippen LogP contribution is -2.34. The van der Waals surface area contributed by atoms with Crippen LogP contribution < -0.4 is 15.4 Å². The summed E-state index contributed by atoms with van der Waals surface area (Å²) >= 11 is 0. The fourth-order valence-corrected chi connectivity index (χ4v) is 2.03. The van der Waals surface area contributed by atoms with Gasteiger partial charge in [-0.05, 0) is 25.0 Å². The van der Waals surface area contributed by atoms with Crippen LogP contribution in [0.4, 0.5) is 10.5 Å². The maximum Gasteiger partial charge on any atom is 0.315 e. The lowest BCUT2D eigenvalue weighted by molar-refractivity contribution is -0.384. The van der Waals surface area contributed by atoms with Crippen molar-refractivity contribution < 1.29 is 14.5 Å². The summed E-state index contributed by atoms with van der Waals surface area (Å²) in [4.78, 5) is 26.2. The van der Waals surface area contributed by atoms with Crippen molar-refractivity contribution in [3.63, 3.8) is 0 Å². The first kappa shape index (κ1) is 18.2. The SMILES string of the molecule is CC(C)Oc1ccc(CNC(=O)NCc2cccc([N+](=O)[O-])c2)cn1. The van der Waals surface area contributed by atoms with Crippen molar-refractivity contribution in [2.45, 2.75) is 33.0 Å². The lowest BCUT2D eigenvalue weighted by atomic mass is 10.2. The molecule has 0 aliphatic heterocycles. The standard InChI is InChI=1S/C17H20N4O4/c1-12(2)25-16-7-6-14(10-18-16)11-20-17(22)19-9-13-4-3-5-15(8-13)21(23)24/h3-8,10,12H,9,11H2,1-2H3,(H2,19,20,22). The Kier molecular flexibility index (Phi) is 6.27. The summed E-state index contributed by atoms with van der Waals surface area (Å²) in [6.07, 6.45) is 1.69. The van der Waals surface area contributed by atoms with Gasteiger partial charge in [0.15, 0.2) is 0 Å². The molecule has 2 rings (SSSR count). The van der Waals surface area contributed by atoms with E-state index in [2.05, 4.69) is 15.6 Å². The Balaban J connectivity index is 1.79. The normalized spacial score (nSPS) is 10.4. The van der Waals surface area contributed by atoms with Crippen LogP contribution in [0.15, 0.2) is 42.6 Å². The number of hydrogen-bond acceptors (Lipinski definition) is 5. The number of aromatic nitrogens is 1. The van der Waals surface area contributed by atoms with Crippen LogP contribution in [-0.4, -0.2) is 22.0 Å². The van der Waals surface area contributed by atoms with Crippen LogP contribution in [0.1, 0.15) is 25.0 Å². The first-order valence-electron chi connectivity index (χ1n) is 7.80. The van der Waals surface area contributed by atoms with Gasteiger partial charge in [0.1, 0.15) is 0 Å². The van der Waals surface area contributed by atoms with E-state index in [0.29, 0.717) is 18.0 Å². The number of nitro benzene ring substituents is 1. The number of nitro groups is 1. The zero-order chi connectivity index (χ0) is 18.2. The summed E-state index contributed by atoms with van der Waals surface area (Å²) in [5.41, 5.74) is 1.48. The second-order valence-electron chi connectivity index (χ2n) is 5.63. The van der Waals surface area contributed by atoms with Gasteiger partial charge in [-0.1, -0.05) is 18.2 Å². The number of nitrogens with one attached hydrogen (secondary N) is 2. The molecule has 2 aromatic rings. The van der Waals surface area contributed by atoms with Gasteiger partial charge in [0, 0.05) is 37.5 Å². The summed E-state index contributed by atoms with van der Waals surface area (Å²) in [5.74, 6) is 0.536. The molecule has 132 valence electrons. The number of carbonyl (C=O) groups is 1. The molecule has 0 unspecified atom stereocenters. The molecule has 1 aromatic heterocycles. The second-order valence-corrected chi connectivity index (χ2v) is 5.63. The van der Waals surface area contributed by atoms with Crippen molar-refractivity contribution in [1.29, 1.82) is 0 Å². The molecule has 0 fully saturated rings. The molecule has 0 saturated heterocycles. The van der Waals surface area contributed by atoms with Crippen molar-refractivity contribution in [2.24, 2.45) is 0 Å². The quantitative estimate of drug-likeness (QED) is 0.593. The fourth-order valence-electron chi connectivity index (χ4n) is 2.03. The highest BCUT2D eigenvalue weighted by Crippen LogP contribution is 2.13. The number of hydrogen-bond donors (Lipinski definition) is 2. The Morgan fingerprint density at radius 2 is 1.92 bits per heavy atom. The molecular weight excluding hydrogens is 324 g/mol. The summed E-state index contributed by atoms with van der Waals surface area (Å²) in [6, 6.07) is 9.34. The second kappa shape index (κ2) is 8.62. The Bertz CT molecular complexity index is 732. The largest absolute Gasteiger partial charge is 0.475 e. The monoisotopic (exact) mass is 344 g/mol. The van der Waals surface area contributed by atoms with Gasteiger partial charge in [-0.2, -0.15) is 0 Å². The van der Waals surface area contributed by atoms with Crippen LogP contribution >= 0.6 is 0 Å². The minimum absolute atomic E-state index is 0.00510. The number of urea groups is 1. The van der Waals surface area contributed by atoms with Gasteiger partial charge in [-0.25, -0.2) is 9.78 Å². The third kappa shape index (κ3) is 6.09. The van der Waals surface area contributed by atoms with Crippen LogP contribution in [0.5, 0.6) is 5.88 Å². The van der Waals surface area contributed by atoms with Crippen molar-refractivity contribution in [3.05, 3.63) is 63.8 Å². The van der Waals surface area contributed by atoms with E-state index >= 15 is 0 Å². The van der Waals surface area contributed by atoms with E-state index in [-0.39, 0.29) is 24.4 Å². The minimum Gasteiger partial charge on any atom is -0.475 e. The van der Waals surface area contributed by atoms with Crippen molar-refractivity contribution in [3.8, 4) is 5.88 Å².